The molecule has 2 aromatic carbocycles. The Hall–Kier alpha value is -2.62. The minimum atomic E-state index is -0.303. The van der Waals surface area contributed by atoms with Crippen LogP contribution in [0.15, 0.2) is 42.5 Å². The lowest BCUT2D eigenvalue weighted by atomic mass is 10.0. The zero-order chi connectivity index (χ0) is 15.4. The summed E-state index contributed by atoms with van der Waals surface area (Å²) < 4.78 is 12.9. The van der Waals surface area contributed by atoms with E-state index in [0.29, 0.717) is 11.3 Å². The molecule has 0 bridgehead atoms. The van der Waals surface area contributed by atoms with Gasteiger partial charge in [0, 0.05) is 22.5 Å². The van der Waals surface area contributed by atoms with Crippen LogP contribution in [-0.4, -0.2) is 5.91 Å². The van der Waals surface area contributed by atoms with E-state index in [4.69, 9.17) is 5.73 Å². The van der Waals surface area contributed by atoms with Gasteiger partial charge < -0.3 is 11.1 Å². The summed E-state index contributed by atoms with van der Waals surface area (Å²) in [6, 6.07) is 11.2. The van der Waals surface area contributed by atoms with E-state index in [0.717, 1.165) is 16.8 Å². The van der Waals surface area contributed by atoms with Crippen LogP contribution in [0.4, 0.5) is 15.8 Å². The van der Waals surface area contributed by atoms with Crippen molar-refractivity contribution in [1.29, 1.82) is 0 Å². The molecule has 0 aliphatic carbocycles. The van der Waals surface area contributed by atoms with Crippen LogP contribution in [0, 0.1) is 5.82 Å². The number of hydrogen-bond acceptors (Lipinski definition) is 2. The maximum atomic E-state index is 12.9. The van der Waals surface area contributed by atoms with Crippen LogP contribution in [-0.2, 0) is 4.79 Å². The predicted molar refractivity (Wildman–Crippen MR) is 85.1 cm³/mol. The van der Waals surface area contributed by atoms with E-state index >= 15 is 0 Å². The number of nitrogens with two attached hydrogens (primary N) is 1. The van der Waals surface area contributed by atoms with Crippen LogP contribution >= 0.6 is 0 Å². The first-order valence-electron chi connectivity index (χ1n) is 6.82. The van der Waals surface area contributed by atoms with Gasteiger partial charge in [0.15, 0.2) is 0 Å². The molecule has 1 heterocycles. The van der Waals surface area contributed by atoms with Gasteiger partial charge in [0.1, 0.15) is 5.82 Å². The predicted octanol–water partition coefficient (Wildman–Crippen LogP) is 3.93. The van der Waals surface area contributed by atoms with Gasteiger partial charge in [-0.15, -0.1) is 0 Å². The Morgan fingerprint density at radius 3 is 2.43 bits per heavy atom. The minimum absolute atomic E-state index is 0.176. The molecule has 0 atom stereocenters. The Morgan fingerprint density at radius 2 is 1.76 bits per heavy atom. The lowest BCUT2D eigenvalue weighted by molar-refractivity contribution is -0.110. The molecule has 2 aromatic rings. The minimum Gasteiger partial charge on any atom is -0.399 e. The number of nitrogens with one attached hydrogen (secondary N) is 1. The van der Waals surface area contributed by atoms with Gasteiger partial charge >= 0.3 is 0 Å². The number of hydrogen-bond donors (Lipinski definition) is 2. The van der Waals surface area contributed by atoms with Crippen molar-refractivity contribution in [3.63, 3.8) is 0 Å². The number of carbonyl (C=O) groups is 1. The third-order valence-corrected chi connectivity index (χ3v) is 3.01. The van der Waals surface area contributed by atoms with Crippen molar-refractivity contribution in [3.8, 4) is 0 Å². The molecular formula is C17H17FN2O. The number of anilines is 2. The number of benzene rings is 2. The van der Waals surface area contributed by atoms with Gasteiger partial charge in [-0.3, -0.25) is 4.79 Å². The Balaban J connectivity index is 0.000000774. The molecule has 0 spiro atoms. The molecule has 21 heavy (non-hydrogen) atoms. The highest BCUT2D eigenvalue weighted by Gasteiger charge is 2.23. The molecule has 0 radical (unpaired) electrons. The van der Waals surface area contributed by atoms with E-state index in [1.54, 1.807) is 36.4 Å². The molecule has 0 saturated carbocycles. The molecule has 1 aliphatic heterocycles. The number of carbonyl (C=O) groups excluding carboxylic acids is 1. The highest BCUT2D eigenvalue weighted by molar-refractivity contribution is 6.35. The number of nitrogen functional groups attached to an aromatic ring is 1. The average Bonchev–Trinajstić information content (AvgIpc) is 2.79. The van der Waals surface area contributed by atoms with Crippen molar-refractivity contribution in [2.75, 3.05) is 11.1 Å². The number of rotatable bonds is 1. The van der Waals surface area contributed by atoms with Crippen LogP contribution in [0.1, 0.15) is 25.0 Å². The second-order valence-corrected chi connectivity index (χ2v) is 4.37. The van der Waals surface area contributed by atoms with Gasteiger partial charge in [-0.25, -0.2) is 4.39 Å². The Bertz CT molecular complexity index is 690. The molecule has 0 saturated heterocycles. The zero-order valence-corrected chi connectivity index (χ0v) is 12.0. The zero-order valence-electron chi connectivity index (χ0n) is 12.0. The summed E-state index contributed by atoms with van der Waals surface area (Å²) >= 11 is 0. The summed E-state index contributed by atoms with van der Waals surface area (Å²) in [6.07, 6.45) is 1.72. The largest absolute Gasteiger partial charge is 0.399 e. The fourth-order valence-corrected chi connectivity index (χ4v) is 2.07. The molecule has 0 aromatic heterocycles. The molecule has 1 aliphatic rings. The van der Waals surface area contributed by atoms with Crippen molar-refractivity contribution in [3.05, 3.63) is 59.4 Å². The average molecular weight is 284 g/mol. The SMILES string of the molecule is CC.Nc1ccc2c(c1)/C(=C/c1ccc(F)cc1)C(=O)N2. The lowest BCUT2D eigenvalue weighted by Gasteiger charge is -2.00. The summed E-state index contributed by atoms with van der Waals surface area (Å²) in [5.41, 5.74) is 9.15. The van der Waals surface area contributed by atoms with E-state index in [-0.39, 0.29) is 11.7 Å². The van der Waals surface area contributed by atoms with E-state index < -0.39 is 0 Å². The molecule has 4 heteroatoms. The van der Waals surface area contributed by atoms with Gasteiger partial charge in [-0.1, -0.05) is 26.0 Å². The molecule has 3 N–H and O–H groups in total. The van der Waals surface area contributed by atoms with Crippen LogP contribution in [0.3, 0.4) is 0 Å². The summed E-state index contributed by atoms with van der Waals surface area (Å²) in [5, 5.41) is 2.77. The van der Waals surface area contributed by atoms with Gasteiger partial charge in [0.2, 0.25) is 0 Å². The van der Waals surface area contributed by atoms with E-state index in [1.165, 1.54) is 12.1 Å². The standard InChI is InChI=1S/C15H11FN2O.C2H6/c16-10-3-1-9(2-4-10)7-13-12-8-11(17)5-6-14(12)18-15(13)19;1-2/h1-8H,17H2,(H,18,19);1-2H3/b13-7-;. The highest BCUT2D eigenvalue weighted by atomic mass is 19.1. The topological polar surface area (TPSA) is 55.1 Å². The smallest absolute Gasteiger partial charge is 0.256 e. The number of fused-ring (bicyclic) bond motifs is 1. The maximum Gasteiger partial charge on any atom is 0.256 e. The summed E-state index contributed by atoms with van der Waals surface area (Å²) in [4.78, 5) is 11.9. The monoisotopic (exact) mass is 284 g/mol. The first kappa shape index (κ1) is 14.8. The Labute approximate surface area is 123 Å². The highest BCUT2D eigenvalue weighted by Crippen LogP contribution is 2.34. The maximum absolute atomic E-state index is 12.9. The van der Waals surface area contributed by atoms with Crippen LogP contribution < -0.4 is 11.1 Å². The first-order chi connectivity index (χ1) is 10.1. The molecule has 108 valence electrons. The van der Waals surface area contributed by atoms with Crippen LogP contribution in [0.2, 0.25) is 0 Å². The molecule has 3 rings (SSSR count). The number of amides is 1. The Kier molecular flexibility index (Phi) is 4.38. The quantitative estimate of drug-likeness (QED) is 0.616. The third-order valence-electron chi connectivity index (χ3n) is 3.01. The molecule has 1 amide bonds. The molecule has 0 fully saturated rings. The fraction of sp³-hybridized carbons (Fsp3) is 0.118. The van der Waals surface area contributed by atoms with Gasteiger partial charge in [-0.05, 0) is 42.0 Å². The lowest BCUT2D eigenvalue weighted by Crippen LogP contribution is -2.03. The van der Waals surface area contributed by atoms with Crippen molar-refractivity contribution >= 4 is 28.9 Å². The molecule has 3 nitrogen and oxygen atoms in total. The van der Waals surface area contributed by atoms with E-state index in [1.807, 2.05) is 13.8 Å². The van der Waals surface area contributed by atoms with Crippen molar-refractivity contribution in [1.82, 2.24) is 0 Å². The van der Waals surface area contributed by atoms with Crippen molar-refractivity contribution in [2.24, 2.45) is 0 Å². The van der Waals surface area contributed by atoms with Gasteiger partial charge in [-0.2, -0.15) is 0 Å². The number of halogens is 1. The third kappa shape index (κ3) is 3.11. The second kappa shape index (κ2) is 6.22. The van der Waals surface area contributed by atoms with Crippen LogP contribution in [0.5, 0.6) is 0 Å². The van der Waals surface area contributed by atoms with Gasteiger partial charge in [0.05, 0.1) is 0 Å². The summed E-state index contributed by atoms with van der Waals surface area (Å²) in [5.74, 6) is -0.479. The molecular weight excluding hydrogens is 267 g/mol. The van der Waals surface area contributed by atoms with E-state index in [2.05, 4.69) is 5.32 Å². The van der Waals surface area contributed by atoms with Crippen LogP contribution in [0.25, 0.3) is 11.6 Å². The van der Waals surface area contributed by atoms with Crippen molar-refractivity contribution < 1.29 is 9.18 Å². The Morgan fingerprint density at radius 1 is 1.10 bits per heavy atom. The normalized spacial score (nSPS) is 14.2. The fourth-order valence-electron chi connectivity index (χ4n) is 2.07. The van der Waals surface area contributed by atoms with Crippen molar-refractivity contribution in [2.45, 2.75) is 13.8 Å². The summed E-state index contributed by atoms with van der Waals surface area (Å²) in [7, 11) is 0. The second-order valence-electron chi connectivity index (χ2n) is 4.37. The van der Waals surface area contributed by atoms with E-state index in [9.17, 15) is 9.18 Å². The first-order valence-corrected chi connectivity index (χ1v) is 6.82. The molecule has 0 unspecified atom stereocenters. The van der Waals surface area contributed by atoms with Gasteiger partial charge in [0.25, 0.3) is 5.91 Å². The summed E-state index contributed by atoms with van der Waals surface area (Å²) in [6.45, 7) is 4.00.